The number of nitrogens with zero attached hydrogens (tertiary/aromatic N) is 2. The Hall–Kier alpha value is -3.26. The summed E-state index contributed by atoms with van der Waals surface area (Å²) < 4.78 is 14.8. The molecule has 0 spiro atoms. The molecule has 3 unspecified atom stereocenters. The highest BCUT2D eigenvalue weighted by Crippen LogP contribution is 2.21. The van der Waals surface area contributed by atoms with Crippen LogP contribution in [0.3, 0.4) is 0 Å². The van der Waals surface area contributed by atoms with Crippen molar-refractivity contribution in [3.8, 4) is 0 Å². The first-order valence-electron chi connectivity index (χ1n) is 16.8. The lowest BCUT2D eigenvalue weighted by Gasteiger charge is -2.29. The Kier molecular flexibility index (Phi) is 15.7. The molecule has 6 nitrogen and oxygen atoms in total. The average Bonchev–Trinajstić information content (AvgIpc) is 3.07. The lowest BCUT2D eigenvalue weighted by molar-refractivity contribution is -0.137. The molecule has 2 amide bonds. The molecule has 0 aliphatic rings. The molecule has 3 atom stereocenters. The second-order valence-corrected chi connectivity index (χ2v) is 12.4. The van der Waals surface area contributed by atoms with Gasteiger partial charge < -0.3 is 20.4 Å². The summed E-state index contributed by atoms with van der Waals surface area (Å²) in [5, 5.41) is 7.27. The number of benzene rings is 3. The number of carbonyl (C=O) groups excluding carboxylic acids is 2. The zero-order valence-electron chi connectivity index (χ0n) is 28.2. The van der Waals surface area contributed by atoms with Crippen LogP contribution in [0.1, 0.15) is 68.8 Å². The maximum Gasteiger partial charge on any atom is 0.245 e. The van der Waals surface area contributed by atoms with E-state index in [2.05, 4.69) is 48.6 Å². The summed E-state index contributed by atoms with van der Waals surface area (Å²) >= 11 is 6.14. The quantitative estimate of drug-likeness (QED) is 0.149. The summed E-state index contributed by atoms with van der Waals surface area (Å²) in [5.74, 6) is -0.743. The van der Waals surface area contributed by atoms with Crippen LogP contribution in [0.5, 0.6) is 0 Å². The van der Waals surface area contributed by atoms with Gasteiger partial charge in [0.2, 0.25) is 11.8 Å². The predicted molar refractivity (Wildman–Crippen MR) is 188 cm³/mol. The van der Waals surface area contributed by atoms with Crippen molar-refractivity contribution < 1.29 is 14.0 Å². The third kappa shape index (κ3) is 11.2. The van der Waals surface area contributed by atoms with Gasteiger partial charge >= 0.3 is 0 Å². The van der Waals surface area contributed by atoms with Crippen LogP contribution in [0, 0.1) is 11.7 Å². The normalized spacial score (nSPS) is 13.3. The van der Waals surface area contributed by atoms with Gasteiger partial charge in [0.05, 0.1) is 0 Å². The number of hydrogen-bond acceptors (Lipinski definition) is 4. The predicted octanol–water partition coefficient (Wildman–Crippen LogP) is 6.86. The topological polar surface area (TPSA) is 64.7 Å². The minimum atomic E-state index is -0.732. The summed E-state index contributed by atoms with van der Waals surface area (Å²) in [6.45, 7) is 11.3. The summed E-state index contributed by atoms with van der Waals surface area (Å²) in [7, 11) is 2.05. The molecular weight excluding hydrogens is 599 g/mol. The van der Waals surface area contributed by atoms with Gasteiger partial charge in [-0.1, -0.05) is 87.0 Å². The third-order valence-electron chi connectivity index (χ3n) is 8.88. The van der Waals surface area contributed by atoms with Crippen LogP contribution in [0.25, 0.3) is 0 Å². The maximum atomic E-state index is 14.8. The lowest BCUT2D eigenvalue weighted by atomic mass is 9.91. The molecule has 8 heteroatoms. The highest BCUT2D eigenvalue weighted by Gasteiger charge is 2.29. The second-order valence-electron chi connectivity index (χ2n) is 12.0. The molecule has 3 rings (SSSR count). The van der Waals surface area contributed by atoms with Crippen LogP contribution < -0.4 is 10.6 Å². The number of hydrogen-bond donors (Lipinski definition) is 2. The van der Waals surface area contributed by atoms with Gasteiger partial charge in [0.15, 0.2) is 0 Å². The van der Waals surface area contributed by atoms with Crippen molar-refractivity contribution in [1.29, 1.82) is 0 Å². The first-order valence-corrected chi connectivity index (χ1v) is 17.1. The standard InChI is InChI=1S/C38H52ClFN4O2/c1-6-29-14-10-11-15-31(29)27-30(7-2)37(45)42-36(26-28-18-20-32(39)21-19-28)38(46)44(9-4)25-23-41-35(22-24-43(5)8-3)33-16-12-13-17-34(33)40/h10-21,30,35-36,41H,6-9,22-27H2,1-5H3,(H,42,45). The first kappa shape index (κ1) is 37.2. The Morgan fingerprint density at radius 1 is 0.848 bits per heavy atom. The smallest absolute Gasteiger partial charge is 0.245 e. The largest absolute Gasteiger partial charge is 0.344 e. The van der Waals surface area contributed by atoms with E-state index in [0.717, 1.165) is 31.5 Å². The molecule has 0 heterocycles. The maximum absolute atomic E-state index is 14.8. The fraction of sp³-hybridized carbons (Fsp3) is 0.474. The Morgan fingerprint density at radius 3 is 2.15 bits per heavy atom. The molecule has 0 fully saturated rings. The molecule has 3 aromatic carbocycles. The van der Waals surface area contributed by atoms with Crippen molar-refractivity contribution in [2.24, 2.45) is 5.92 Å². The van der Waals surface area contributed by atoms with Gasteiger partial charge in [-0.25, -0.2) is 4.39 Å². The van der Waals surface area contributed by atoms with E-state index in [1.165, 1.54) is 17.2 Å². The van der Waals surface area contributed by atoms with E-state index in [9.17, 15) is 14.0 Å². The van der Waals surface area contributed by atoms with Crippen molar-refractivity contribution >= 4 is 23.4 Å². The Balaban J connectivity index is 1.76. The van der Waals surface area contributed by atoms with Gasteiger partial charge in [0, 0.05) is 48.6 Å². The number of amides is 2. The van der Waals surface area contributed by atoms with Crippen LogP contribution >= 0.6 is 11.6 Å². The van der Waals surface area contributed by atoms with Crippen LogP contribution in [0.2, 0.25) is 5.02 Å². The van der Waals surface area contributed by atoms with E-state index in [-0.39, 0.29) is 29.6 Å². The van der Waals surface area contributed by atoms with E-state index in [4.69, 9.17) is 11.6 Å². The third-order valence-corrected chi connectivity index (χ3v) is 9.13. The molecule has 0 radical (unpaired) electrons. The van der Waals surface area contributed by atoms with E-state index in [0.29, 0.717) is 49.5 Å². The summed E-state index contributed by atoms with van der Waals surface area (Å²) in [4.78, 5) is 31.8. The fourth-order valence-corrected chi connectivity index (χ4v) is 5.91. The molecule has 0 saturated heterocycles. The molecule has 0 saturated carbocycles. The molecule has 0 aromatic heterocycles. The Morgan fingerprint density at radius 2 is 1.52 bits per heavy atom. The Bertz CT molecular complexity index is 1370. The highest BCUT2D eigenvalue weighted by atomic mass is 35.5. The lowest BCUT2D eigenvalue weighted by Crippen LogP contribution is -2.52. The van der Waals surface area contributed by atoms with Gasteiger partial charge in [-0.3, -0.25) is 9.59 Å². The van der Waals surface area contributed by atoms with Gasteiger partial charge in [-0.2, -0.15) is 0 Å². The minimum absolute atomic E-state index is 0.116. The number of carbonyl (C=O) groups is 2. The molecule has 0 bridgehead atoms. The molecule has 3 aromatic rings. The number of likely N-dealkylation sites (N-methyl/N-ethyl adjacent to an activating group) is 1. The summed E-state index contributed by atoms with van der Waals surface area (Å²) in [6, 6.07) is 21.6. The molecule has 0 aliphatic carbocycles. The fourth-order valence-electron chi connectivity index (χ4n) is 5.79. The van der Waals surface area contributed by atoms with Crippen molar-refractivity contribution in [3.05, 3.63) is 106 Å². The monoisotopic (exact) mass is 650 g/mol. The van der Waals surface area contributed by atoms with Crippen LogP contribution in [0.15, 0.2) is 72.8 Å². The SMILES string of the molecule is CCc1ccccc1CC(CC)C(=O)NC(Cc1ccc(Cl)cc1)C(=O)N(CC)CCNC(CCN(C)CC)c1ccccc1F. The average molecular weight is 651 g/mol. The van der Waals surface area contributed by atoms with E-state index < -0.39 is 6.04 Å². The zero-order valence-corrected chi connectivity index (χ0v) is 29.0. The number of nitrogens with one attached hydrogen (secondary N) is 2. The number of halogens is 2. The van der Waals surface area contributed by atoms with Gasteiger partial charge in [-0.15, -0.1) is 0 Å². The summed E-state index contributed by atoms with van der Waals surface area (Å²) in [5.41, 5.74) is 3.95. The van der Waals surface area contributed by atoms with Crippen molar-refractivity contribution in [3.63, 3.8) is 0 Å². The molecule has 0 aliphatic heterocycles. The highest BCUT2D eigenvalue weighted by molar-refractivity contribution is 6.30. The van der Waals surface area contributed by atoms with Gasteiger partial charge in [0.1, 0.15) is 11.9 Å². The number of rotatable bonds is 19. The van der Waals surface area contributed by atoms with E-state index in [1.807, 2.05) is 50.2 Å². The molecular formula is C38H52ClFN4O2. The Labute approximate surface area is 280 Å². The van der Waals surface area contributed by atoms with Crippen molar-refractivity contribution in [2.45, 2.75) is 71.9 Å². The van der Waals surface area contributed by atoms with E-state index in [1.54, 1.807) is 23.1 Å². The summed E-state index contributed by atoms with van der Waals surface area (Å²) in [6.07, 6.45) is 3.28. The van der Waals surface area contributed by atoms with Crippen molar-refractivity contribution in [1.82, 2.24) is 20.4 Å². The first-order chi connectivity index (χ1) is 22.2. The molecule has 2 N–H and O–H groups in total. The van der Waals surface area contributed by atoms with E-state index >= 15 is 0 Å². The molecule has 250 valence electrons. The van der Waals surface area contributed by atoms with Crippen molar-refractivity contribution in [2.75, 3.05) is 39.8 Å². The minimum Gasteiger partial charge on any atom is -0.344 e. The van der Waals surface area contributed by atoms with Crippen LogP contribution in [0.4, 0.5) is 4.39 Å². The van der Waals surface area contributed by atoms with Crippen LogP contribution in [-0.4, -0.2) is 67.4 Å². The van der Waals surface area contributed by atoms with Crippen LogP contribution in [-0.2, 0) is 28.9 Å². The van der Waals surface area contributed by atoms with Gasteiger partial charge in [0.25, 0.3) is 0 Å². The second kappa shape index (κ2) is 19.4. The number of aryl methyl sites for hydroxylation is 1. The molecule has 46 heavy (non-hydrogen) atoms. The zero-order chi connectivity index (χ0) is 33.5. The van der Waals surface area contributed by atoms with Gasteiger partial charge in [-0.05, 0) is 87.6 Å².